The van der Waals surface area contributed by atoms with Gasteiger partial charge in [0.05, 0.1) is 24.8 Å². The number of urea groups is 1. The van der Waals surface area contributed by atoms with Crippen molar-refractivity contribution < 1.29 is 19.1 Å². The van der Waals surface area contributed by atoms with Crippen molar-refractivity contribution in [2.24, 2.45) is 5.41 Å². The lowest BCUT2D eigenvalue weighted by Gasteiger charge is -2.53. The van der Waals surface area contributed by atoms with Crippen molar-refractivity contribution in [3.05, 3.63) is 35.9 Å². The number of rotatable bonds is 0. The molecule has 3 aliphatic heterocycles. The number of carbonyl (C=O) groups is 3. The molecule has 1 spiro atoms. The number of carbonyl (C=O) groups excluding carboxylic acids is 3. The van der Waals surface area contributed by atoms with Crippen LogP contribution in [0.1, 0.15) is 5.56 Å². The molecule has 8 nitrogen and oxygen atoms in total. The second-order valence-corrected chi connectivity index (χ2v) is 7.61. The molecule has 8 heteroatoms. The highest BCUT2D eigenvalue weighted by atomic mass is 16.5. The first kappa shape index (κ1) is 17.1. The van der Waals surface area contributed by atoms with Gasteiger partial charge in [0.1, 0.15) is 5.82 Å². The predicted octanol–water partition coefficient (Wildman–Crippen LogP) is 1.03. The zero-order chi connectivity index (χ0) is 19.6. The lowest BCUT2D eigenvalue weighted by molar-refractivity contribution is -0.161. The Kier molecular flexibility index (Phi) is 3.51. The van der Waals surface area contributed by atoms with Gasteiger partial charge in [-0.25, -0.2) is 9.78 Å². The fraction of sp³-hybridized carbons (Fsp3) is 0.400. The van der Waals surface area contributed by atoms with Crippen molar-refractivity contribution in [1.29, 1.82) is 0 Å². The van der Waals surface area contributed by atoms with E-state index in [9.17, 15) is 14.4 Å². The van der Waals surface area contributed by atoms with Gasteiger partial charge in [-0.05, 0) is 17.7 Å². The normalized spacial score (nSPS) is 24.0. The van der Waals surface area contributed by atoms with Crippen LogP contribution < -0.4 is 4.90 Å². The van der Waals surface area contributed by atoms with E-state index in [4.69, 9.17) is 9.72 Å². The van der Waals surface area contributed by atoms with Crippen LogP contribution in [0.2, 0.25) is 0 Å². The van der Waals surface area contributed by atoms with E-state index in [2.05, 4.69) is 0 Å². The molecule has 2 fully saturated rings. The fourth-order valence-electron chi connectivity index (χ4n) is 4.74. The molecule has 0 saturated carbocycles. The van der Waals surface area contributed by atoms with Crippen molar-refractivity contribution in [1.82, 2.24) is 14.8 Å². The molecule has 3 aliphatic rings. The van der Waals surface area contributed by atoms with Crippen LogP contribution in [-0.4, -0.2) is 72.5 Å². The topological polar surface area (TPSA) is 83.1 Å². The molecule has 1 aromatic carbocycles. The van der Waals surface area contributed by atoms with Crippen LogP contribution in [0, 0.1) is 5.41 Å². The molecule has 2 aromatic rings. The van der Waals surface area contributed by atoms with E-state index in [0.717, 1.165) is 32.1 Å². The molecule has 0 bridgehead atoms. The van der Waals surface area contributed by atoms with Crippen LogP contribution in [0.5, 0.6) is 0 Å². The van der Waals surface area contributed by atoms with Crippen molar-refractivity contribution in [2.75, 3.05) is 38.8 Å². The molecule has 28 heavy (non-hydrogen) atoms. The minimum atomic E-state index is -1.39. The third kappa shape index (κ3) is 2.03. The standard InChI is InChI=1S/C20H20N4O4/c1-22-17(25)20(18(26)23(2)19(22)27)10-13-9-12-5-3-4-6-14(12)21-16(13)24-7-8-28-11-15(20)24/h3-6,9,15H,7-8,10-11H2,1-2H3/t15-/m1/s1. The van der Waals surface area contributed by atoms with E-state index in [1.54, 1.807) is 0 Å². The number of anilines is 1. The first-order chi connectivity index (χ1) is 13.4. The van der Waals surface area contributed by atoms with Crippen molar-refractivity contribution in [3.63, 3.8) is 0 Å². The fourth-order valence-corrected chi connectivity index (χ4v) is 4.74. The van der Waals surface area contributed by atoms with Gasteiger partial charge in [0.25, 0.3) is 0 Å². The maximum absolute atomic E-state index is 13.4. The van der Waals surface area contributed by atoms with Gasteiger partial charge in [0.15, 0.2) is 5.41 Å². The number of fused-ring (bicyclic) bond motifs is 5. The summed E-state index contributed by atoms with van der Waals surface area (Å²) < 4.78 is 5.67. The molecule has 4 heterocycles. The van der Waals surface area contributed by atoms with Crippen LogP contribution in [0.15, 0.2) is 30.3 Å². The molecular formula is C20H20N4O4. The Morgan fingerprint density at radius 1 is 1.11 bits per heavy atom. The summed E-state index contributed by atoms with van der Waals surface area (Å²) in [6.45, 7) is 1.27. The van der Waals surface area contributed by atoms with Gasteiger partial charge < -0.3 is 9.64 Å². The van der Waals surface area contributed by atoms with Gasteiger partial charge in [-0.3, -0.25) is 19.4 Å². The number of imide groups is 2. The van der Waals surface area contributed by atoms with E-state index >= 15 is 0 Å². The van der Waals surface area contributed by atoms with E-state index in [1.807, 2.05) is 35.2 Å². The van der Waals surface area contributed by atoms with Crippen LogP contribution in [0.3, 0.4) is 0 Å². The van der Waals surface area contributed by atoms with Gasteiger partial charge in [-0.2, -0.15) is 0 Å². The molecule has 144 valence electrons. The van der Waals surface area contributed by atoms with Crippen LogP contribution >= 0.6 is 0 Å². The first-order valence-corrected chi connectivity index (χ1v) is 9.28. The number of benzene rings is 1. The molecule has 1 aromatic heterocycles. The monoisotopic (exact) mass is 380 g/mol. The highest BCUT2D eigenvalue weighted by Crippen LogP contribution is 2.46. The Morgan fingerprint density at radius 2 is 1.82 bits per heavy atom. The minimum Gasteiger partial charge on any atom is -0.377 e. The number of nitrogens with zero attached hydrogens (tertiary/aromatic N) is 4. The van der Waals surface area contributed by atoms with Crippen molar-refractivity contribution in [3.8, 4) is 0 Å². The Hall–Kier alpha value is -3.00. The smallest absolute Gasteiger partial charge is 0.332 e. The Balaban J connectivity index is 1.74. The largest absolute Gasteiger partial charge is 0.377 e. The predicted molar refractivity (Wildman–Crippen MR) is 101 cm³/mol. The number of pyridine rings is 1. The summed E-state index contributed by atoms with van der Waals surface area (Å²) in [6.07, 6.45) is 0.199. The molecule has 1 atom stereocenters. The number of para-hydroxylation sites is 1. The molecule has 0 radical (unpaired) electrons. The Morgan fingerprint density at radius 3 is 2.57 bits per heavy atom. The Bertz CT molecular complexity index is 1010. The van der Waals surface area contributed by atoms with E-state index in [1.165, 1.54) is 14.1 Å². The first-order valence-electron chi connectivity index (χ1n) is 9.28. The molecule has 2 saturated heterocycles. The number of ether oxygens (including phenoxy) is 1. The van der Waals surface area contributed by atoms with Gasteiger partial charge >= 0.3 is 6.03 Å². The second-order valence-electron chi connectivity index (χ2n) is 7.61. The zero-order valence-corrected chi connectivity index (χ0v) is 15.7. The summed E-state index contributed by atoms with van der Waals surface area (Å²) in [6, 6.07) is 8.68. The molecule has 0 N–H and O–H groups in total. The number of morpholine rings is 1. The van der Waals surface area contributed by atoms with E-state index in [0.29, 0.717) is 13.2 Å². The maximum Gasteiger partial charge on any atom is 0.332 e. The van der Waals surface area contributed by atoms with Crippen LogP contribution in [-0.2, 0) is 20.7 Å². The van der Waals surface area contributed by atoms with Crippen molar-refractivity contribution in [2.45, 2.75) is 12.5 Å². The number of barbiturate groups is 1. The number of hydrogen-bond acceptors (Lipinski definition) is 6. The second kappa shape index (κ2) is 5.75. The van der Waals surface area contributed by atoms with E-state index in [-0.39, 0.29) is 13.0 Å². The van der Waals surface area contributed by atoms with Gasteiger partial charge in [0.2, 0.25) is 11.8 Å². The van der Waals surface area contributed by atoms with Crippen LogP contribution in [0.25, 0.3) is 10.9 Å². The molecular weight excluding hydrogens is 360 g/mol. The van der Waals surface area contributed by atoms with Crippen LogP contribution in [0.4, 0.5) is 10.6 Å². The Labute approximate surface area is 161 Å². The quantitative estimate of drug-likeness (QED) is 0.635. The third-order valence-corrected chi connectivity index (χ3v) is 6.17. The summed E-state index contributed by atoms with van der Waals surface area (Å²) in [5.41, 5.74) is 0.317. The highest BCUT2D eigenvalue weighted by Gasteiger charge is 2.63. The summed E-state index contributed by atoms with van der Waals surface area (Å²) in [4.78, 5) is 48.0. The van der Waals surface area contributed by atoms with Gasteiger partial charge in [-0.1, -0.05) is 18.2 Å². The SMILES string of the molecule is CN1C(=O)N(C)C(=O)C2(Cc3cc4ccccc4nc3N3CCOC[C@@H]32)C1=O. The lowest BCUT2D eigenvalue weighted by Crippen LogP contribution is -2.73. The summed E-state index contributed by atoms with van der Waals surface area (Å²) >= 11 is 0. The molecule has 0 aliphatic carbocycles. The summed E-state index contributed by atoms with van der Waals surface area (Å²) in [7, 11) is 2.86. The summed E-state index contributed by atoms with van der Waals surface area (Å²) in [5, 5.41) is 0.955. The average molecular weight is 380 g/mol. The van der Waals surface area contributed by atoms with Crippen molar-refractivity contribution >= 4 is 34.6 Å². The minimum absolute atomic E-state index is 0.199. The molecule has 5 rings (SSSR count). The number of amides is 4. The highest BCUT2D eigenvalue weighted by molar-refractivity contribution is 6.20. The maximum atomic E-state index is 13.4. The number of aromatic nitrogens is 1. The van der Waals surface area contributed by atoms with Gasteiger partial charge in [0, 0.05) is 32.4 Å². The van der Waals surface area contributed by atoms with Gasteiger partial charge in [-0.15, -0.1) is 0 Å². The number of hydrogen-bond donors (Lipinski definition) is 0. The molecule has 0 unspecified atom stereocenters. The zero-order valence-electron chi connectivity index (χ0n) is 15.7. The molecule has 4 amide bonds. The average Bonchev–Trinajstić information content (AvgIpc) is 2.73. The van der Waals surface area contributed by atoms with E-state index < -0.39 is 29.3 Å². The lowest BCUT2D eigenvalue weighted by atomic mass is 9.68. The summed E-state index contributed by atoms with van der Waals surface area (Å²) in [5.74, 6) is -0.153. The third-order valence-electron chi connectivity index (χ3n) is 6.17.